The SMILES string of the molecule is O=C(NCc1ccccc1Cl)[C@@H]1[C@H](C(=O)O)[C@@H]2C=C[C@H]1O2. The molecule has 0 aromatic heterocycles. The highest BCUT2D eigenvalue weighted by molar-refractivity contribution is 6.31. The van der Waals surface area contributed by atoms with Gasteiger partial charge in [-0.2, -0.15) is 0 Å². The summed E-state index contributed by atoms with van der Waals surface area (Å²) in [6, 6.07) is 7.19. The lowest BCUT2D eigenvalue weighted by molar-refractivity contribution is -0.146. The van der Waals surface area contributed by atoms with E-state index < -0.39 is 30.0 Å². The number of benzene rings is 1. The number of hydrogen-bond acceptors (Lipinski definition) is 3. The quantitative estimate of drug-likeness (QED) is 0.829. The number of hydrogen-bond donors (Lipinski definition) is 2. The number of carboxylic acids is 1. The molecular weight excluding hydrogens is 294 g/mol. The van der Waals surface area contributed by atoms with Crippen LogP contribution < -0.4 is 5.32 Å². The van der Waals surface area contributed by atoms with Crippen LogP contribution in [0.25, 0.3) is 0 Å². The molecule has 4 atom stereocenters. The number of fused-ring (bicyclic) bond motifs is 2. The molecule has 21 heavy (non-hydrogen) atoms. The molecule has 0 spiro atoms. The topological polar surface area (TPSA) is 75.6 Å². The van der Waals surface area contributed by atoms with Crippen LogP contribution in [0.4, 0.5) is 0 Å². The van der Waals surface area contributed by atoms with Crippen LogP contribution in [0.15, 0.2) is 36.4 Å². The van der Waals surface area contributed by atoms with Crippen molar-refractivity contribution in [2.45, 2.75) is 18.8 Å². The van der Waals surface area contributed by atoms with Crippen LogP contribution in [-0.4, -0.2) is 29.2 Å². The lowest BCUT2D eigenvalue weighted by atomic mass is 9.82. The number of rotatable bonds is 4. The summed E-state index contributed by atoms with van der Waals surface area (Å²) in [4.78, 5) is 23.6. The Morgan fingerprint density at radius 3 is 2.52 bits per heavy atom. The molecule has 2 heterocycles. The van der Waals surface area contributed by atoms with Gasteiger partial charge in [-0.3, -0.25) is 9.59 Å². The van der Waals surface area contributed by atoms with Gasteiger partial charge in [-0.05, 0) is 11.6 Å². The highest BCUT2D eigenvalue weighted by atomic mass is 35.5. The molecule has 2 aliphatic heterocycles. The van der Waals surface area contributed by atoms with Gasteiger partial charge in [0, 0.05) is 11.6 Å². The molecule has 0 radical (unpaired) electrons. The van der Waals surface area contributed by atoms with E-state index in [0.717, 1.165) is 5.56 Å². The summed E-state index contributed by atoms with van der Waals surface area (Å²) in [5.74, 6) is -2.85. The highest BCUT2D eigenvalue weighted by Crippen LogP contribution is 2.39. The average molecular weight is 308 g/mol. The highest BCUT2D eigenvalue weighted by Gasteiger charge is 2.53. The van der Waals surface area contributed by atoms with Crippen molar-refractivity contribution in [1.82, 2.24) is 5.32 Å². The number of nitrogens with one attached hydrogen (secondary N) is 1. The first-order valence-corrected chi connectivity index (χ1v) is 7.03. The van der Waals surface area contributed by atoms with Gasteiger partial charge in [0.15, 0.2) is 0 Å². The van der Waals surface area contributed by atoms with E-state index in [0.29, 0.717) is 5.02 Å². The molecule has 0 saturated carbocycles. The van der Waals surface area contributed by atoms with Crippen LogP contribution in [0, 0.1) is 11.8 Å². The number of carbonyl (C=O) groups is 2. The third-order valence-corrected chi connectivity index (χ3v) is 4.27. The Bertz CT molecular complexity index is 615. The van der Waals surface area contributed by atoms with Crippen LogP contribution in [-0.2, 0) is 20.9 Å². The molecule has 6 heteroatoms. The van der Waals surface area contributed by atoms with Crippen LogP contribution in [0.1, 0.15) is 5.56 Å². The fraction of sp³-hybridized carbons (Fsp3) is 0.333. The summed E-state index contributed by atoms with van der Waals surface area (Å²) in [5.41, 5.74) is 0.791. The number of aliphatic carboxylic acids is 1. The van der Waals surface area contributed by atoms with Crippen LogP contribution in [0.3, 0.4) is 0 Å². The summed E-state index contributed by atoms with van der Waals surface area (Å²) in [5, 5.41) is 12.6. The molecule has 2 bridgehead atoms. The van der Waals surface area contributed by atoms with Gasteiger partial charge in [-0.1, -0.05) is 42.0 Å². The Morgan fingerprint density at radius 2 is 1.86 bits per heavy atom. The molecule has 0 unspecified atom stereocenters. The summed E-state index contributed by atoms with van der Waals surface area (Å²) in [6.07, 6.45) is 2.50. The maximum absolute atomic E-state index is 12.3. The molecule has 1 amide bonds. The zero-order valence-corrected chi connectivity index (χ0v) is 11.8. The van der Waals surface area contributed by atoms with Crippen molar-refractivity contribution in [3.8, 4) is 0 Å². The smallest absolute Gasteiger partial charge is 0.310 e. The predicted octanol–water partition coefficient (Wildman–Crippen LogP) is 1.61. The molecule has 0 aliphatic carbocycles. The van der Waals surface area contributed by atoms with Gasteiger partial charge in [0.25, 0.3) is 0 Å². The minimum absolute atomic E-state index is 0.266. The van der Waals surface area contributed by atoms with Gasteiger partial charge in [0.2, 0.25) is 5.91 Å². The van der Waals surface area contributed by atoms with Crippen molar-refractivity contribution in [2.75, 3.05) is 0 Å². The number of halogens is 1. The first-order valence-electron chi connectivity index (χ1n) is 6.65. The zero-order chi connectivity index (χ0) is 15.0. The number of amides is 1. The van der Waals surface area contributed by atoms with Crippen molar-refractivity contribution < 1.29 is 19.4 Å². The van der Waals surface area contributed by atoms with Crippen LogP contribution >= 0.6 is 11.6 Å². The van der Waals surface area contributed by atoms with Crippen molar-refractivity contribution in [2.24, 2.45) is 11.8 Å². The summed E-state index contributed by atoms with van der Waals surface area (Å²) < 4.78 is 5.48. The fourth-order valence-corrected chi connectivity index (χ4v) is 3.06. The van der Waals surface area contributed by atoms with Crippen LogP contribution in [0.2, 0.25) is 5.02 Å². The maximum Gasteiger partial charge on any atom is 0.310 e. The Balaban J connectivity index is 1.69. The Morgan fingerprint density at radius 1 is 1.19 bits per heavy atom. The second-order valence-corrected chi connectivity index (χ2v) is 5.56. The maximum atomic E-state index is 12.3. The number of carbonyl (C=O) groups excluding carboxylic acids is 1. The van der Waals surface area contributed by atoms with Gasteiger partial charge in [0.05, 0.1) is 18.1 Å². The van der Waals surface area contributed by atoms with E-state index in [1.807, 2.05) is 18.2 Å². The van der Waals surface area contributed by atoms with Crippen molar-refractivity contribution in [1.29, 1.82) is 0 Å². The van der Waals surface area contributed by atoms with Crippen molar-refractivity contribution >= 4 is 23.5 Å². The van der Waals surface area contributed by atoms with Gasteiger partial charge < -0.3 is 15.2 Å². The van der Waals surface area contributed by atoms with Crippen LogP contribution in [0.5, 0.6) is 0 Å². The van der Waals surface area contributed by atoms with E-state index in [-0.39, 0.29) is 12.5 Å². The predicted molar refractivity (Wildman–Crippen MR) is 75.7 cm³/mol. The van der Waals surface area contributed by atoms with Gasteiger partial charge in [0.1, 0.15) is 5.92 Å². The van der Waals surface area contributed by atoms with E-state index in [1.165, 1.54) is 0 Å². The molecule has 1 saturated heterocycles. The first-order chi connectivity index (χ1) is 10.1. The molecule has 1 aromatic carbocycles. The Hall–Kier alpha value is -1.85. The van der Waals surface area contributed by atoms with Crippen molar-refractivity contribution in [3.05, 3.63) is 47.0 Å². The summed E-state index contributed by atoms with van der Waals surface area (Å²) in [6.45, 7) is 0.266. The summed E-state index contributed by atoms with van der Waals surface area (Å²) >= 11 is 6.03. The van der Waals surface area contributed by atoms with E-state index in [1.54, 1.807) is 18.2 Å². The molecule has 1 aromatic rings. The molecule has 2 N–H and O–H groups in total. The molecule has 2 aliphatic rings. The average Bonchev–Trinajstić information content (AvgIpc) is 3.06. The standard InChI is InChI=1S/C15H14ClNO4/c16-9-4-2-1-3-8(9)7-17-14(18)12-10-5-6-11(21-10)13(12)15(19)20/h1-6,10-13H,7H2,(H,17,18)(H,19,20)/t10-,11+,12+,13-/m1/s1. The first kappa shape index (κ1) is 14.1. The monoisotopic (exact) mass is 307 g/mol. The minimum atomic E-state index is -1.01. The third-order valence-electron chi connectivity index (χ3n) is 3.90. The Kier molecular flexibility index (Phi) is 3.69. The van der Waals surface area contributed by atoms with E-state index in [4.69, 9.17) is 16.3 Å². The van der Waals surface area contributed by atoms with Gasteiger partial charge in [-0.15, -0.1) is 0 Å². The number of carboxylic acid groups (broad SMARTS) is 1. The van der Waals surface area contributed by atoms with Gasteiger partial charge in [-0.25, -0.2) is 0 Å². The second kappa shape index (κ2) is 5.50. The van der Waals surface area contributed by atoms with Gasteiger partial charge >= 0.3 is 5.97 Å². The largest absolute Gasteiger partial charge is 0.481 e. The lowest BCUT2D eigenvalue weighted by Gasteiger charge is -2.21. The molecule has 5 nitrogen and oxygen atoms in total. The Labute approximate surface area is 126 Å². The van der Waals surface area contributed by atoms with Crippen molar-refractivity contribution in [3.63, 3.8) is 0 Å². The zero-order valence-electron chi connectivity index (χ0n) is 11.0. The molecule has 3 rings (SSSR count). The second-order valence-electron chi connectivity index (χ2n) is 5.15. The van der Waals surface area contributed by atoms with E-state index in [2.05, 4.69) is 5.32 Å². The summed E-state index contributed by atoms with van der Waals surface area (Å²) in [7, 11) is 0. The molecule has 110 valence electrons. The lowest BCUT2D eigenvalue weighted by Crippen LogP contribution is -2.42. The fourth-order valence-electron chi connectivity index (χ4n) is 2.86. The third kappa shape index (κ3) is 2.54. The molecular formula is C15H14ClNO4. The van der Waals surface area contributed by atoms with E-state index >= 15 is 0 Å². The minimum Gasteiger partial charge on any atom is -0.481 e. The molecule has 1 fully saturated rings. The normalized spacial score (nSPS) is 29.6. The van der Waals surface area contributed by atoms with E-state index in [9.17, 15) is 14.7 Å². The number of ether oxygens (including phenoxy) is 1.